The number of esters is 1. The summed E-state index contributed by atoms with van der Waals surface area (Å²) in [6.07, 6.45) is 0.371. The lowest BCUT2D eigenvalue weighted by Crippen LogP contribution is -2.22. The van der Waals surface area contributed by atoms with Crippen molar-refractivity contribution in [2.75, 3.05) is 13.7 Å². The first-order chi connectivity index (χ1) is 17.1. The highest BCUT2D eigenvalue weighted by molar-refractivity contribution is 7.13. The van der Waals surface area contributed by atoms with Crippen molar-refractivity contribution in [3.05, 3.63) is 102 Å². The molecule has 4 aromatic rings. The lowest BCUT2D eigenvalue weighted by Gasteiger charge is -2.20. The van der Waals surface area contributed by atoms with E-state index >= 15 is 0 Å². The van der Waals surface area contributed by atoms with Crippen LogP contribution in [0.3, 0.4) is 0 Å². The predicted octanol–water partition coefficient (Wildman–Crippen LogP) is 6.21. The molecule has 174 valence electrons. The normalized spacial score (nSPS) is 11.2. The molecule has 6 nitrogen and oxygen atoms in total. The van der Waals surface area contributed by atoms with Crippen LogP contribution >= 0.6 is 11.3 Å². The summed E-state index contributed by atoms with van der Waals surface area (Å²) >= 11 is 1.52. The molecule has 1 atom stereocenters. The topological polar surface area (TPSA) is 81.4 Å². The molecule has 0 amide bonds. The van der Waals surface area contributed by atoms with Crippen LogP contribution in [0.5, 0.6) is 11.6 Å². The number of thiophene rings is 1. The Morgan fingerprint density at radius 1 is 1.14 bits per heavy atom. The van der Waals surface area contributed by atoms with E-state index in [9.17, 15) is 10.1 Å². The molecule has 35 heavy (non-hydrogen) atoms. The number of ether oxygens (including phenoxy) is 3. The highest BCUT2D eigenvalue weighted by Crippen LogP contribution is 2.37. The number of nitriles is 1. The zero-order chi connectivity index (χ0) is 24.6. The van der Waals surface area contributed by atoms with Crippen LogP contribution in [-0.2, 0) is 9.53 Å². The molecule has 0 fully saturated rings. The number of methoxy groups -OCH3 is 1. The minimum Gasteiger partial charge on any atom is -0.497 e. The molecule has 0 spiro atoms. The van der Waals surface area contributed by atoms with Crippen LogP contribution < -0.4 is 9.47 Å². The average molecular weight is 483 g/mol. The fourth-order valence-corrected chi connectivity index (χ4v) is 4.16. The van der Waals surface area contributed by atoms with Crippen LogP contribution in [0.2, 0.25) is 0 Å². The van der Waals surface area contributed by atoms with Crippen molar-refractivity contribution in [2.45, 2.75) is 6.10 Å². The lowest BCUT2D eigenvalue weighted by molar-refractivity contribution is -0.151. The predicted molar refractivity (Wildman–Crippen MR) is 135 cm³/mol. The molecule has 0 aliphatic rings. The Kier molecular flexibility index (Phi) is 7.56. The monoisotopic (exact) mass is 482 g/mol. The fourth-order valence-electron chi connectivity index (χ4n) is 3.47. The number of hydrogen-bond donors (Lipinski definition) is 0. The van der Waals surface area contributed by atoms with E-state index in [0.717, 1.165) is 10.4 Å². The van der Waals surface area contributed by atoms with Gasteiger partial charge in [-0.15, -0.1) is 11.3 Å². The Balaban J connectivity index is 1.85. The maximum absolute atomic E-state index is 12.9. The van der Waals surface area contributed by atoms with Gasteiger partial charge in [-0.25, -0.2) is 9.78 Å². The Bertz CT molecular complexity index is 1340. The summed E-state index contributed by atoms with van der Waals surface area (Å²) in [4.78, 5) is 18.5. The van der Waals surface area contributed by atoms with E-state index in [1.807, 2.05) is 53.9 Å². The van der Waals surface area contributed by atoms with E-state index in [4.69, 9.17) is 14.2 Å². The van der Waals surface area contributed by atoms with E-state index in [-0.39, 0.29) is 18.1 Å². The summed E-state index contributed by atoms with van der Waals surface area (Å²) in [5, 5.41) is 12.1. The summed E-state index contributed by atoms with van der Waals surface area (Å²) in [6, 6.07) is 24.3. The van der Waals surface area contributed by atoms with E-state index in [2.05, 4.69) is 17.6 Å². The second-order valence-electron chi connectivity index (χ2n) is 7.38. The third kappa shape index (κ3) is 5.40. The minimum atomic E-state index is -1.11. The minimum absolute atomic E-state index is 0.0381. The van der Waals surface area contributed by atoms with Crippen LogP contribution in [0.25, 0.3) is 21.7 Å². The molecule has 0 saturated heterocycles. The first-order valence-corrected chi connectivity index (χ1v) is 11.6. The fraction of sp³-hybridized carbons (Fsp3) is 0.107. The first kappa shape index (κ1) is 23.7. The number of rotatable bonds is 9. The molecule has 0 N–H and O–H groups in total. The van der Waals surface area contributed by atoms with Gasteiger partial charge in [0.05, 0.1) is 17.7 Å². The van der Waals surface area contributed by atoms with Gasteiger partial charge in [0.1, 0.15) is 24.0 Å². The largest absolute Gasteiger partial charge is 0.497 e. The number of benzene rings is 2. The SMILES string of the molecule is C=CCOC(=O)C(Oc1nc(-c2cccs2)cc(-c2ccc(OC)cc2)c1C#N)c1ccccc1. The van der Waals surface area contributed by atoms with E-state index in [1.54, 1.807) is 31.4 Å². The second kappa shape index (κ2) is 11.1. The van der Waals surface area contributed by atoms with Gasteiger partial charge in [-0.3, -0.25) is 0 Å². The number of hydrogen-bond acceptors (Lipinski definition) is 7. The highest BCUT2D eigenvalue weighted by atomic mass is 32.1. The summed E-state index contributed by atoms with van der Waals surface area (Å²) in [5.41, 5.74) is 2.85. The smallest absolute Gasteiger partial charge is 0.352 e. The Labute approximate surface area is 207 Å². The molecule has 2 aromatic carbocycles. The molecule has 0 aliphatic heterocycles. The third-order valence-corrected chi connectivity index (χ3v) is 6.05. The van der Waals surface area contributed by atoms with Gasteiger partial charge in [0.15, 0.2) is 0 Å². The Morgan fingerprint density at radius 2 is 1.91 bits per heavy atom. The standard InChI is InChI=1S/C28H22N2O4S/c1-3-15-33-28(31)26(20-8-5-4-6-9-20)34-27-23(18-29)22(19-11-13-21(32-2)14-12-19)17-24(30-27)25-10-7-16-35-25/h3-14,16-17,26H,1,15H2,2H3. The van der Waals surface area contributed by atoms with Gasteiger partial charge in [0, 0.05) is 11.1 Å². The number of nitrogens with zero attached hydrogens (tertiary/aromatic N) is 2. The molecule has 0 radical (unpaired) electrons. The lowest BCUT2D eigenvalue weighted by atomic mass is 10.00. The molecule has 2 aromatic heterocycles. The molecule has 0 saturated carbocycles. The molecule has 1 unspecified atom stereocenters. The summed E-state index contributed by atoms with van der Waals surface area (Å²) in [6.45, 7) is 3.63. The van der Waals surface area contributed by atoms with Crippen molar-refractivity contribution >= 4 is 17.3 Å². The van der Waals surface area contributed by atoms with E-state index < -0.39 is 12.1 Å². The van der Waals surface area contributed by atoms with Crippen molar-refractivity contribution in [1.29, 1.82) is 5.26 Å². The summed E-state index contributed by atoms with van der Waals surface area (Å²) in [5.74, 6) is 0.147. The Hall–Kier alpha value is -4.41. The van der Waals surface area contributed by atoms with Crippen molar-refractivity contribution < 1.29 is 19.0 Å². The molecular formula is C28H22N2O4S. The molecule has 4 rings (SSSR count). The molecule has 7 heteroatoms. The van der Waals surface area contributed by atoms with Crippen molar-refractivity contribution in [3.63, 3.8) is 0 Å². The van der Waals surface area contributed by atoms with Crippen molar-refractivity contribution in [1.82, 2.24) is 4.98 Å². The van der Waals surface area contributed by atoms with Crippen LogP contribution in [0.15, 0.2) is 90.8 Å². The quantitative estimate of drug-likeness (QED) is 0.208. The van der Waals surface area contributed by atoms with Gasteiger partial charge in [-0.05, 0) is 35.2 Å². The van der Waals surface area contributed by atoms with Gasteiger partial charge in [-0.2, -0.15) is 5.26 Å². The van der Waals surface area contributed by atoms with Crippen LogP contribution in [0.1, 0.15) is 17.2 Å². The average Bonchev–Trinajstić information content (AvgIpc) is 3.45. The highest BCUT2D eigenvalue weighted by Gasteiger charge is 2.27. The van der Waals surface area contributed by atoms with Gasteiger partial charge < -0.3 is 14.2 Å². The number of pyridine rings is 1. The third-order valence-electron chi connectivity index (χ3n) is 5.16. The zero-order valence-electron chi connectivity index (χ0n) is 19.0. The van der Waals surface area contributed by atoms with Crippen LogP contribution in [0.4, 0.5) is 0 Å². The number of carbonyl (C=O) groups is 1. The summed E-state index contributed by atoms with van der Waals surface area (Å²) in [7, 11) is 1.60. The number of aromatic nitrogens is 1. The molecule has 2 heterocycles. The first-order valence-electron chi connectivity index (χ1n) is 10.8. The maximum atomic E-state index is 12.9. The Morgan fingerprint density at radius 3 is 2.54 bits per heavy atom. The van der Waals surface area contributed by atoms with Crippen LogP contribution in [-0.4, -0.2) is 24.7 Å². The molecule has 0 bridgehead atoms. The maximum Gasteiger partial charge on any atom is 0.352 e. The second-order valence-corrected chi connectivity index (χ2v) is 8.33. The van der Waals surface area contributed by atoms with Gasteiger partial charge in [-0.1, -0.05) is 61.2 Å². The zero-order valence-corrected chi connectivity index (χ0v) is 19.8. The van der Waals surface area contributed by atoms with E-state index in [0.29, 0.717) is 22.6 Å². The number of carbonyl (C=O) groups excluding carboxylic acids is 1. The summed E-state index contributed by atoms with van der Waals surface area (Å²) < 4.78 is 16.7. The van der Waals surface area contributed by atoms with Gasteiger partial charge in [0.2, 0.25) is 12.0 Å². The molecule has 0 aliphatic carbocycles. The van der Waals surface area contributed by atoms with Crippen LogP contribution in [0, 0.1) is 11.3 Å². The van der Waals surface area contributed by atoms with E-state index in [1.165, 1.54) is 17.4 Å². The van der Waals surface area contributed by atoms with Crippen molar-refractivity contribution in [3.8, 4) is 39.4 Å². The molecular weight excluding hydrogens is 460 g/mol. The van der Waals surface area contributed by atoms with Gasteiger partial charge >= 0.3 is 5.97 Å². The van der Waals surface area contributed by atoms with Crippen molar-refractivity contribution in [2.24, 2.45) is 0 Å². The van der Waals surface area contributed by atoms with Gasteiger partial charge in [0.25, 0.3) is 0 Å².